The highest BCUT2D eigenvalue weighted by atomic mass is 32.2. The minimum Gasteiger partial charge on any atom is -0.299 e. The Hall–Kier alpha value is 0.270. The molecule has 2 nitrogen and oxygen atoms in total. The number of rotatable bonds is 4. The highest BCUT2D eigenvalue weighted by Crippen LogP contribution is 2.23. The zero-order chi connectivity index (χ0) is 8.93. The average Bonchev–Trinajstić information content (AvgIpc) is 2.75. The molecular weight excluding hydrogens is 182 g/mol. The Labute approximate surface area is 84.8 Å². The molecule has 0 spiro atoms. The van der Waals surface area contributed by atoms with E-state index in [2.05, 4.69) is 17.2 Å². The first kappa shape index (κ1) is 9.81. The van der Waals surface area contributed by atoms with Crippen molar-refractivity contribution in [3.05, 3.63) is 0 Å². The molecule has 0 aromatic rings. The smallest absolute Gasteiger partial charge is 0.0790 e. The predicted molar refractivity (Wildman–Crippen MR) is 56.8 cm³/mol. The van der Waals surface area contributed by atoms with Gasteiger partial charge in [-0.15, -0.1) is 0 Å². The topological polar surface area (TPSA) is 21.3 Å². The van der Waals surface area contributed by atoms with Gasteiger partial charge in [0.25, 0.3) is 0 Å². The van der Waals surface area contributed by atoms with Crippen molar-refractivity contribution in [1.29, 1.82) is 0 Å². The Kier molecular flexibility index (Phi) is 3.94. The third-order valence-corrected chi connectivity index (χ3v) is 4.18. The molecular formula is C10H19NOS. The van der Waals surface area contributed by atoms with E-state index in [0.717, 1.165) is 12.5 Å². The molecule has 1 unspecified atom stereocenters. The fourth-order valence-corrected chi connectivity index (χ4v) is 3.32. The molecule has 0 amide bonds. The summed E-state index contributed by atoms with van der Waals surface area (Å²) >= 11 is 2.07. The molecule has 1 aliphatic carbocycles. The number of hydrogen-bond acceptors (Lipinski definition) is 3. The second-order valence-electron chi connectivity index (χ2n) is 4.10. The summed E-state index contributed by atoms with van der Waals surface area (Å²) < 4.78 is 0. The molecule has 1 saturated carbocycles. The maximum absolute atomic E-state index is 5.61. The first-order valence-corrected chi connectivity index (χ1v) is 6.57. The van der Waals surface area contributed by atoms with E-state index in [0.29, 0.717) is 6.10 Å². The second-order valence-corrected chi connectivity index (χ2v) is 5.25. The van der Waals surface area contributed by atoms with Crippen LogP contribution in [0.15, 0.2) is 0 Å². The molecule has 1 N–H and O–H groups in total. The van der Waals surface area contributed by atoms with Crippen LogP contribution in [-0.4, -0.2) is 24.2 Å². The van der Waals surface area contributed by atoms with Gasteiger partial charge in [-0.05, 0) is 36.7 Å². The third kappa shape index (κ3) is 3.15. The summed E-state index contributed by atoms with van der Waals surface area (Å²) in [6.45, 7) is 1.06. The summed E-state index contributed by atoms with van der Waals surface area (Å²) in [5.41, 5.74) is 3.16. The van der Waals surface area contributed by atoms with E-state index in [9.17, 15) is 0 Å². The molecule has 0 aromatic heterocycles. The van der Waals surface area contributed by atoms with E-state index < -0.39 is 0 Å². The number of hydroxylamine groups is 1. The Bertz CT molecular complexity index is 126. The van der Waals surface area contributed by atoms with E-state index in [-0.39, 0.29) is 0 Å². The van der Waals surface area contributed by atoms with Gasteiger partial charge in [0.2, 0.25) is 0 Å². The van der Waals surface area contributed by atoms with Crippen molar-refractivity contribution < 1.29 is 4.84 Å². The van der Waals surface area contributed by atoms with Crippen molar-refractivity contribution >= 4 is 11.8 Å². The maximum atomic E-state index is 5.61. The van der Waals surface area contributed by atoms with Gasteiger partial charge in [-0.3, -0.25) is 4.84 Å². The summed E-state index contributed by atoms with van der Waals surface area (Å²) in [4.78, 5) is 5.61. The van der Waals surface area contributed by atoms with Gasteiger partial charge in [0.1, 0.15) is 0 Å². The first-order chi connectivity index (χ1) is 6.45. The molecule has 2 fully saturated rings. The van der Waals surface area contributed by atoms with E-state index in [1.54, 1.807) is 0 Å². The lowest BCUT2D eigenvalue weighted by atomic mass is 10.1. The van der Waals surface area contributed by atoms with Crippen LogP contribution < -0.4 is 5.48 Å². The lowest BCUT2D eigenvalue weighted by molar-refractivity contribution is -0.0253. The quantitative estimate of drug-likeness (QED) is 0.705. The molecule has 76 valence electrons. The highest BCUT2D eigenvalue weighted by molar-refractivity contribution is 7.99. The van der Waals surface area contributed by atoms with E-state index in [1.807, 2.05) is 0 Å². The van der Waals surface area contributed by atoms with Gasteiger partial charge in [0.05, 0.1) is 6.10 Å². The maximum Gasteiger partial charge on any atom is 0.0790 e. The molecule has 1 heterocycles. The Morgan fingerprint density at radius 1 is 1.23 bits per heavy atom. The Morgan fingerprint density at radius 2 is 2.08 bits per heavy atom. The van der Waals surface area contributed by atoms with E-state index >= 15 is 0 Å². The monoisotopic (exact) mass is 201 g/mol. The minimum atomic E-state index is 0.508. The summed E-state index contributed by atoms with van der Waals surface area (Å²) in [6.07, 6.45) is 7.09. The molecule has 2 aliphatic rings. The Balaban J connectivity index is 1.52. The van der Waals surface area contributed by atoms with Crippen LogP contribution in [0.3, 0.4) is 0 Å². The zero-order valence-corrected chi connectivity index (χ0v) is 8.94. The molecule has 1 atom stereocenters. The van der Waals surface area contributed by atoms with Crippen LogP contribution in [0, 0.1) is 5.92 Å². The number of thioether (sulfide) groups is 1. The van der Waals surface area contributed by atoms with Gasteiger partial charge >= 0.3 is 0 Å². The van der Waals surface area contributed by atoms with Crippen molar-refractivity contribution in [3.63, 3.8) is 0 Å². The predicted octanol–water partition coefficient (Wildman–Crippen LogP) is 2.20. The van der Waals surface area contributed by atoms with Crippen molar-refractivity contribution in [1.82, 2.24) is 5.48 Å². The average molecular weight is 201 g/mol. The van der Waals surface area contributed by atoms with Crippen molar-refractivity contribution in [3.8, 4) is 0 Å². The fraction of sp³-hybridized carbons (Fsp3) is 1.00. The van der Waals surface area contributed by atoms with Crippen LogP contribution >= 0.6 is 11.8 Å². The van der Waals surface area contributed by atoms with Crippen LogP contribution in [0.5, 0.6) is 0 Å². The zero-order valence-electron chi connectivity index (χ0n) is 8.13. The molecule has 13 heavy (non-hydrogen) atoms. The molecule has 2 rings (SSSR count). The molecule has 1 aliphatic heterocycles. The number of nitrogens with one attached hydrogen (secondary N) is 1. The third-order valence-electron chi connectivity index (χ3n) is 2.95. The van der Waals surface area contributed by atoms with Gasteiger partial charge in [-0.1, -0.05) is 12.8 Å². The van der Waals surface area contributed by atoms with Gasteiger partial charge in [-0.2, -0.15) is 11.8 Å². The molecule has 0 aromatic carbocycles. The van der Waals surface area contributed by atoms with Gasteiger partial charge < -0.3 is 0 Å². The molecule has 1 saturated heterocycles. The van der Waals surface area contributed by atoms with Crippen molar-refractivity contribution in [2.45, 2.75) is 38.2 Å². The second kappa shape index (κ2) is 5.23. The number of hydrogen-bond donors (Lipinski definition) is 1. The fourth-order valence-electron chi connectivity index (χ4n) is 2.03. The lowest BCUT2D eigenvalue weighted by Crippen LogP contribution is -2.27. The van der Waals surface area contributed by atoms with Gasteiger partial charge in [0, 0.05) is 6.54 Å². The standard InChI is InChI=1S/C10H19NOS/c1-2-4-10(3-1)12-11-7-9-5-6-13-8-9/h9-11H,1-8H2. The van der Waals surface area contributed by atoms with Gasteiger partial charge in [-0.25, -0.2) is 5.48 Å². The van der Waals surface area contributed by atoms with E-state index in [4.69, 9.17) is 4.84 Å². The molecule has 3 heteroatoms. The first-order valence-electron chi connectivity index (χ1n) is 5.41. The largest absolute Gasteiger partial charge is 0.299 e. The van der Waals surface area contributed by atoms with Crippen LogP contribution in [0.2, 0.25) is 0 Å². The molecule has 0 radical (unpaired) electrons. The highest BCUT2D eigenvalue weighted by Gasteiger charge is 2.18. The van der Waals surface area contributed by atoms with Crippen molar-refractivity contribution in [2.24, 2.45) is 5.92 Å². The van der Waals surface area contributed by atoms with Crippen LogP contribution in [0.4, 0.5) is 0 Å². The minimum absolute atomic E-state index is 0.508. The van der Waals surface area contributed by atoms with Crippen LogP contribution in [0.1, 0.15) is 32.1 Å². The Morgan fingerprint density at radius 3 is 2.77 bits per heavy atom. The summed E-state index contributed by atoms with van der Waals surface area (Å²) in [5, 5.41) is 0. The SMILES string of the molecule is C1CCC(ONCC2CCSC2)C1. The summed E-state index contributed by atoms with van der Waals surface area (Å²) in [5.74, 6) is 3.52. The summed E-state index contributed by atoms with van der Waals surface area (Å²) in [6, 6.07) is 0. The normalized spacial score (nSPS) is 30.0. The summed E-state index contributed by atoms with van der Waals surface area (Å²) in [7, 11) is 0. The van der Waals surface area contributed by atoms with Crippen LogP contribution in [-0.2, 0) is 4.84 Å². The van der Waals surface area contributed by atoms with Crippen LogP contribution in [0.25, 0.3) is 0 Å². The van der Waals surface area contributed by atoms with Gasteiger partial charge in [0.15, 0.2) is 0 Å². The molecule has 0 bridgehead atoms. The lowest BCUT2D eigenvalue weighted by Gasteiger charge is -2.14. The van der Waals surface area contributed by atoms with E-state index in [1.165, 1.54) is 43.6 Å². The van der Waals surface area contributed by atoms with Crippen molar-refractivity contribution in [2.75, 3.05) is 18.1 Å².